The summed E-state index contributed by atoms with van der Waals surface area (Å²) in [5, 5.41) is 12.7. The number of carboxylic acids is 1. The second-order valence-electron chi connectivity index (χ2n) is 3.52. The number of hydrogen-bond acceptors (Lipinski definition) is 3. The quantitative estimate of drug-likeness (QED) is 0.945. The fourth-order valence-corrected chi connectivity index (χ4v) is 1.85. The third kappa shape index (κ3) is 2.26. The van der Waals surface area contributed by atoms with Gasteiger partial charge in [0.25, 0.3) is 5.82 Å². The minimum absolute atomic E-state index is 0.271. The SMILES string of the molecule is CCc1nc(C(=O)O)nn1-c1ccc(F)c(Br)c1. The van der Waals surface area contributed by atoms with Crippen molar-refractivity contribution in [2.24, 2.45) is 0 Å². The molecule has 0 aliphatic rings. The lowest BCUT2D eigenvalue weighted by atomic mass is 10.3. The Hall–Kier alpha value is -1.76. The molecule has 0 aliphatic heterocycles. The van der Waals surface area contributed by atoms with Gasteiger partial charge >= 0.3 is 5.97 Å². The zero-order valence-corrected chi connectivity index (χ0v) is 11.0. The molecule has 0 atom stereocenters. The Bertz CT molecular complexity index is 612. The van der Waals surface area contributed by atoms with Crippen molar-refractivity contribution in [1.29, 1.82) is 0 Å². The van der Waals surface area contributed by atoms with Crippen LogP contribution in [0, 0.1) is 5.82 Å². The number of aromatic carboxylic acids is 1. The van der Waals surface area contributed by atoms with Gasteiger partial charge in [-0.05, 0) is 34.1 Å². The van der Waals surface area contributed by atoms with Gasteiger partial charge in [0.1, 0.15) is 11.6 Å². The van der Waals surface area contributed by atoms with Crippen molar-refractivity contribution in [3.8, 4) is 5.69 Å². The highest BCUT2D eigenvalue weighted by Gasteiger charge is 2.15. The van der Waals surface area contributed by atoms with E-state index < -0.39 is 11.8 Å². The molecule has 1 heterocycles. The fourth-order valence-electron chi connectivity index (χ4n) is 1.49. The van der Waals surface area contributed by atoms with Crippen LogP contribution in [0.25, 0.3) is 5.69 Å². The molecule has 0 saturated heterocycles. The van der Waals surface area contributed by atoms with Crippen LogP contribution in [0.4, 0.5) is 4.39 Å². The summed E-state index contributed by atoms with van der Waals surface area (Å²) in [6.45, 7) is 1.84. The van der Waals surface area contributed by atoms with Crippen LogP contribution in [0.3, 0.4) is 0 Å². The van der Waals surface area contributed by atoms with E-state index in [1.54, 1.807) is 0 Å². The first-order valence-corrected chi connectivity index (χ1v) is 5.97. The van der Waals surface area contributed by atoms with E-state index in [9.17, 15) is 9.18 Å². The standard InChI is InChI=1S/C11H9BrFN3O2/c1-2-9-14-10(11(17)18)15-16(9)6-3-4-8(13)7(12)5-6/h3-5H,2H2,1H3,(H,17,18). The monoisotopic (exact) mass is 313 g/mol. The van der Waals surface area contributed by atoms with E-state index in [0.29, 0.717) is 17.9 Å². The molecule has 7 heteroatoms. The number of carbonyl (C=O) groups is 1. The van der Waals surface area contributed by atoms with Crippen LogP contribution < -0.4 is 0 Å². The van der Waals surface area contributed by atoms with Crippen molar-refractivity contribution in [2.45, 2.75) is 13.3 Å². The Morgan fingerprint density at radius 3 is 2.83 bits per heavy atom. The smallest absolute Gasteiger partial charge is 0.375 e. The molecule has 18 heavy (non-hydrogen) atoms. The normalized spacial score (nSPS) is 10.6. The number of aromatic nitrogens is 3. The summed E-state index contributed by atoms with van der Waals surface area (Å²) >= 11 is 3.07. The molecule has 2 rings (SSSR count). The van der Waals surface area contributed by atoms with E-state index >= 15 is 0 Å². The maximum absolute atomic E-state index is 13.1. The van der Waals surface area contributed by atoms with Gasteiger partial charge in [-0.25, -0.2) is 18.9 Å². The molecule has 1 aromatic heterocycles. The maximum atomic E-state index is 13.1. The highest BCUT2D eigenvalue weighted by molar-refractivity contribution is 9.10. The zero-order valence-electron chi connectivity index (χ0n) is 9.39. The van der Waals surface area contributed by atoms with Crippen LogP contribution in [0.5, 0.6) is 0 Å². The molecule has 2 aromatic rings. The summed E-state index contributed by atoms with van der Waals surface area (Å²) in [6.07, 6.45) is 0.523. The largest absolute Gasteiger partial charge is 0.475 e. The van der Waals surface area contributed by atoms with Gasteiger partial charge in [-0.3, -0.25) is 0 Å². The molecule has 5 nitrogen and oxygen atoms in total. The van der Waals surface area contributed by atoms with Crippen LogP contribution in [0.2, 0.25) is 0 Å². The summed E-state index contributed by atoms with van der Waals surface area (Å²) in [4.78, 5) is 14.7. The molecule has 94 valence electrons. The molecule has 0 saturated carbocycles. The first-order chi connectivity index (χ1) is 8.52. The van der Waals surface area contributed by atoms with Gasteiger partial charge in [-0.1, -0.05) is 6.92 Å². The van der Waals surface area contributed by atoms with E-state index in [-0.39, 0.29) is 10.3 Å². The molecule has 0 aliphatic carbocycles. The van der Waals surface area contributed by atoms with Crippen LogP contribution in [0.15, 0.2) is 22.7 Å². The topological polar surface area (TPSA) is 68.0 Å². The molecule has 0 spiro atoms. The number of halogens is 2. The lowest BCUT2D eigenvalue weighted by Crippen LogP contribution is -2.03. The number of nitrogens with zero attached hydrogens (tertiary/aromatic N) is 3. The Balaban J connectivity index is 2.55. The first kappa shape index (κ1) is 12.7. The molecule has 0 unspecified atom stereocenters. The van der Waals surface area contributed by atoms with Crippen molar-refractivity contribution in [1.82, 2.24) is 14.8 Å². The number of benzene rings is 1. The van der Waals surface area contributed by atoms with E-state index in [0.717, 1.165) is 0 Å². The lowest BCUT2D eigenvalue weighted by Gasteiger charge is -2.04. The van der Waals surface area contributed by atoms with Gasteiger partial charge < -0.3 is 5.11 Å². The summed E-state index contributed by atoms with van der Waals surface area (Å²) in [6, 6.07) is 4.31. The predicted molar refractivity (Wildman–Crippen MR) is 65.4 cm³/mol. The highest BCUT2D eigenvalue weighted by atomic mass is 79.9. The van der Waals surface area contributed by atoms with Crippen LogP contribution >= 0.6 is 15.9 Å². The lowest BCUT2D eigenvalue weighted by molar-refractivity contribution is 0.0683. The van der Waals surface area contributed by atoms with Gasteiger partial charge in [-0.15, -0.1) is 5.10 Å². The maximum Gasteiger partial charge on any atom is 0.375 e. The Kier molecular flexibility index (Phi) is 3.42. The minimum Gasteiger partial charge on any atom is -0.475 e. The van der Waals surface area contributed by atoms with Crippen LogP contribution in [-0.2, 0) is 6.42 Å². The summed E-state index contributed by atoms with van der Waals surface area (Å²) in [5.41, 5.74) is 0.556. The van der Waals surface area contributed by atoms with Gasteiger partial charge in [0.15, 0.2) is 0 Å². The second kappa shape index (κ2) is 4.85. The van der Waals surface area contributed by atoms with Crippen LogP contribution in [0.1, 0.15) is 23.4 Å². The average Bonchev–Trinajstić information content (AvgIpc) is 2.77. The molecule has 0 radical (unpaired) electrons. The van der Waals surface area contributed by atoms with E-state index in [1.807, 2.05) is 6.92 Å². The van der Waals surface area contributed by atoms with Crippen molar-refractivity contribution in [3.05, 3.63) is 40.1 Å². The number of carboxylic acid groups (broad SMARTS) is 1. The van der Waals surface area contributed by atoms with Gasteiger partial charge in [0, 0.05) is 6.42 Å². The number of rotatable bonds is 3. The van der Waals surface area contributed by atoms with Crippen molar-refractivity contribution < 1.29 is 14.3 Å². The third-order valence-corrected chi connectivity index (χ3v) is 2.94. The van der Waals surface area contributed by atoms with Crippen LogP contribution in [-0.4, -0.2) is 25.8 Å². The van der Waals surface area contributed by atoms with E-state index in [4.69, 9.17) is 5.11 Å². The minimum atomic E-state index is -1.19. The molecule has 0 fully saturated rings. The molecule has 1 N–H and O–H groups in total. The Labute approximate surface area is 110 Å². The van der Waals surface area contributed by atoms with Gasteiger partial charge in [0.2, 0.25) is 0 Å². The summed E-state index contributed by atoms with van der Waals surface area (Å²) < 4.78 is 14.8. The zero-order chi connectivity index (χ0) is 13.3. The van der Waals surface area contributed by atoms with Crippen molar-refractivity contribution >= 4 is 21.9 Å². The predicted octanol–water partition coefficient (Wildman–Crippen LogP) is 2.43. The van der Waals surface area contributed by atoms with E-state index in [1.165, 1.54) is 22.9 Å². The molecule has 0 bridgehead atoms. The third-order valence-electron chi connectivity index (χ3n) is 2.33. The second-order valence-corrected chi connectivity index (χ2v) is 4.37. The first-order valence-electron chi connectivity index (χ1n) is 5.17. The molecular formula is C11H9BrFN3O2. The van der Waals surface area contributed by atoms with Crippen molar-refractivity contribution in [2.75, 3.05) is 0 Å². The summed E-state index contributed by atoms with van der Waals surface area (Å²) in [5.74, 6) is -1.35. The van der Waals surface area contributed by atoms with Gasteiger partial charge in [0.05, 0.1) is 10.2 Å². The van der Waals surface area contributed by atoms with Gasteiger partial charge in [-0.2, -0.15) is 0 Å². The fraction of sp³-hybridized carbons (Fsp3) is 0.182. The number of aryl methyl sites for hydroxylation is 1. The number of hydrogen-bond donors (Lipinski definition) is 1. The average molecular weight is 314 g/mol. The van der Waals surface area contributed by atoms with E-state index in [2.05, 4.69) is 26.0 Å². The highest BCUT2D eigenvalue weighted by Crippen LogP contribution is 2.20. The Morgan fingerprint density at radius 2 is 2.28 bits per heavy atom. The molecular weight excluding hydrogens is 305 g/mol. The van der Waals surface area contributed by atoms with Crippen molar-refractivity contribution in [3.63, 3.8) is 0 Å². The molecule has 1 aromatic carbocycles. The Morgan fingerprint density at radius 1 is 1.56 bits per heavy atom. The summed E-state index contributed by atoms with van der Waals surface area (Å²) in [7, 11) is 0. The molecule has 0 amide bonds.